The number of Topliss-reactive ketones (excluding diaryl/α,β-unsaturated/α-hetero) is 1. The van der Waals surface area contributed by atoms with Gasteiger partial charge in [-0.2, -0.15) is 0 Å². The molecule has 33 heavy (non-hydrogen) atoms. The maximum Gasteiger partial charge on any atom is 0.325 e. The fraction of sp³-hybridized carbons (Fsp3) is 0.346. The zero-order chi connectivity index (χ0) is 22.8. The van der Waals surface area contributed by atoms with Gasteiger partial charge >= 0.3 is 6.03 Å². The molecule has 3 amide bonds. The summed E-state index contributed by atoms with van der Waals surface area (Å²) in [5.74, 6) is -0.113. The molecule has 3 N–H and O–H groups in total. The molecule has 7 heteroatoms. The molecular formula is C26H28N4O3. The number of hydrogen-bond acceptors (Lipinski definition) is 4. The van der Waals surface area contributed by atoms with E-state index in [2.05, 4.69) is 15.6 Å². The summed E-state index contributed by atoms with van der Waals surface area (Å²) in [6.45, 7) is 0.833. The van der Waals surface area contributed by atoms with E-state index < -0.39 is 11.6 Å². The number of nitrogens with zero attached hydrogens (tertiary/aromatic N) is 1. The van der Waals surface area contributed by atoms with Crippen LogP contribution in [0.15, 0.2) is 60.8 Å². The molecule has 2 heterocycles. The first-order chi connectivity index (χ1) is 16.1. The maximum atomic E-state index is 13.5. The Morgan fingerprint density at radius 2 is 1.76 bits per heavy atom. The highest BCUT2D eigenvalue weighted by Crippen LogP contribution is 2.35. The van der Waals surface area contributed by atoms with E-state index in [1.54, 1.807) is 6.20 Å². The number of carbonyl (C=O) groups excluding carboxylic acids is 3. The normalized spacial score (nSPS) is 18.2. The SMILES string of the molecule is O=C(c1c[nH]c2ccccc12)[C@@H](NCCCN1C(=O)NC2(CCCC2)C1=O)c1ccccc1. The molecule has 2 aliphatic rings. The summed E-state index contributed by atoms with van der Waals surface area (Å²) < 4.78 is 0. The standard InChI is InChI=1S/C26H28N4O3/c31-23(20-17-28-21-12-5-4-11-19(20)21)22(18-9-2-1-3-10-18)27-15-8-16-30-24(32)26(29-25(30)33)13-6-7-14-26/h1-5,9-12,17,22,27-28H,6-8,13-16H2,(H,29,33)/t22-/m0/s1. The Bertz CT molecular complexity index is 1180. The predicted octanol–water partition coefficient (Wildman–Crippen LogP) is 3.94. The number of para-hydroxylation sites is 1. The van der Waals surface area contributed by atoms with Gasteiger partial charge in [-0.1, -0.05) is 61.4 Å². The molecule has 5 rings (SSSR count). The minimum absolute atomic E-state index is 0.0152. The number of nitrogens with one attached hydrogen (secondary N) is 3. The number of aromatic amines is 1. The lowest BCUT2D eigenvalue weighted by Gasteiger charge is -2.21. The van der Waals surface area contributed by atoms with E-state index in [1.807, 2.05) is 54.6 Å². The second-order valence-corrected chi connectivity index (χ2v) is 8.94. The van der Waals surface area contributed by atoms with Gasteiger partial charge in [0.1, 0.15) is 5.54 Å². The van der Waals surface area contributed by atoms with Crippen LogP contribution < -0.4 is 10.6 Å². The number of rotatable bonds is 8. The summed E-state index contributed by atoms with van der Waals surface area (Å²) in [4.78, 5) is 43.3. The van der Waals surface area contributed by atoms with Crippen LogP contribution in [0.2, 0.25) is 0 Å². The Kier molecular flexibility index (Phi) is 5.72. The lowest BCUT2D eigenvalue weighted by molar-refractivity contribution is -0.131. The van der Waals surface area contributed by atoms with Crippen LogP contribution in [-0.2, 0) is 4.79 Å². The fourth-order valence-corrected chi connectivity index (χ4v) is 5.12. The molecule has 1 aliphatic heterocycles. The van der Waals surface area contributed by atoms with Crippen molar-refractivity contribution in [1.29, 1.82) is 0 Å². The summed E-state index contributed by atoms with van der Waals surface area (Å²) in [6, 6.07) is 16.6. The van der Waals surface area contributed by atoms with Crippen LogP contribution in [0.3, 0.4) is 0 Å². The van der Waals surface area contributed by atoms with Gasteiger partial charge in [0, 0.05) is 29.2 Å². The van der Waals surface area contributed by atoms with Gasteiger partial charge in [0.25, 0.3) is 5.91 Å². The average Bonchev–Trinajstić information content (AvgIpc) is 3.54. The van der Waals surface area contributed by atoms with E-state index in [0.717, 1.165) is 42.1 Å². The van der Waals surface area contributed by atoms with Crippen molar-refractivity contribution in [2.24, 2.45) is 0 Å². The van der Waals surface area contributed by atoms with Crippen molar-refractivity contribution in [3.63, 3.8) is 0 Å². The van der Waals surface area contributed by atoms with Crippen molar-refractivity contribution in [3.8, 4) is 0 Å². The zero-order valence-electron chi connectivity index (χ0n) is 18.5. The molecule has 0 radical (unpaired) electrons. The van der Waals surface area contributed by atoms with Gasteiger partial charge in [-0.25, -0.2) is 4.79 Å². The average molecular weight is 445 g/mol. The van der Waals surface area contributed by atoms with E-state index in [1.165, 1.54) is 4.90 Å². The van der Waals surface area contributed by atoms with Crippen molar-refractivity contribution >= 4 is 28.6 Å². The van der Waals surface area contributed by atoms with Gasteiger partial charge in [-0.15, -0.1) is 0 Å². The predicted molar refractivity (Wildman–Crippen MR) is 126 cm³/mol. The molecule has 1 saturated carbocycles. The summed E-state index contributed by atoms with van der Waals surface area (Å²) in [6.07, 6.45) is 5.72. The monoisotopic (exact) mass is 444 g/mol. The Morgan fingerprint density at radius 1 is 1.03 bits per heavy atom. The van der Waals surface area contributed by atoms with Gasteiger partial charge in [0.2, 0.25) is 0 Å². The third-order valence-corrected chi connectivity index (χ3v) is 6.86. The largest absolute Gasteiger partial charge is 0.360 e. The third kappa shape index (κ3) is 3.93. The molecule has 0 unspecified atom stereocenters. The minimum Gasteiger partial charge on any atom is -0.360 e. The fourth-order valence-electron chi connectivity index (χ4n) is 5.12. The topological polar surface area (TPSA) is 94.3 Å². The van der Waals surface area contributed by atoms with Crippen LogP contribution in [-0.4, -0.2) is 46.2 Å². The first-order valence-corrected chi connectivity index (χ1v) is 11.6. The number of benzene rings is 2. The van der Waals surface area contributed by atoms with Crippen LogP contribution in [0.5, 0.6) is 0 Å². The van der Waals surface area contributed by atoms with Crippen LogP contribution in [0.4, 0.5) is 4.79 Å². The number of ketones is 1. The van der Waals surface area contributed by atoms with E-state index in [0.29, 0.717) is 25.1 Å². The summed E-state index contributed by atoms with van der Waals surface area (Å²) in [5, 5.41) is 7.18. The van der Waals surface area contributed by atoms with E-state index in [-0.39, 0.29) is 17.7 Å². The summed E-state index contributed by atoms with van der Waals surface area (Å²) >= 11 is 0. The Morgan fingerprint density at radius 3 is 2.55 bits per heavy atom. The van der Waals surface area contributed by atoms with Crippen molar-refractivity contribution in [3.05, 3.63) is 71.9 Å². The molecule has 1 aliphatic carbocycles. The van der Waals surface area contributed by atoms with Crippen molar-refractivity contribution in [2.75, 3.05) is 13.1 Å². The first-order valence-electron chi connectivity index (χ1n) is 11.6. The van der Waals surface area contributed by atoms with Crippen LogP contribution in [0, 0.1) is 0 Å². The van der Waals surface area contributed by atoms with Gasteiger partial charge in [0.05, 0.1) is 6.04 Å². The molecular weight excluding hydrogens is 416 g/mol. The highest BCUT2D eigenvalue weighted by atomic mass is 16.2. The third-order valence-electron chi connectivity index (χ3n) is 6.86. The van der Waals surface area contributed by atoms with Crippen molar-refractivity contribution in [2.45, 2.75) is 43.7 Å². The molecule has 170 valence electrons. The Balaban J connectivity index is 1.27. The molecule has 1 aromatic heterocycles. The van der Waals surface area contributed by atoms with Gasteiger partial charge in [-0.05, 0) is 37.4 Å². The Labute approximate surface area is 192 Å². The molecule has 2 aromatic carbocycles. The smallest absolute Gasteiger partial charge is 0.325 e. The number of aromatic nitrogens is 1. The second kappa shape index (κ2) is 8.83. The molecule has 1 atom stereocenters. The van der Waals surface area contributed by atoms with Crippen LogP contribution >= 0.6 is 0 Å². The van der Waals surface area contributed by atoms with E-state index in [4.69, 9.17) is 0 Å². The number of H-pyrrole nitrogens is 1. The van der Waals surface area contributed by atoms with Gasteiger partial charge in [0.15, 0.2) is 5.78 Å². The molecule has 1 saturated heterocycles. The lowest BCUT2D eigenvalue weighted by Crippen LogP contribution is -2.44. The molecule has 0 bridgehead atoms. The highest BCUT2D eigenvalue weighted by molar-refractivity contribution is 6.10. The minimum atomic E-state index is -0.678. The summed E-state index contributed by atoms with van der Waals surface area (Å²) in [7, 11) is 0. The second-order valence-electron chi connectivity index (χ2n) is 8.94. The summed E-state index contributed by atoms with van der Waals surface area (Å²) in [5.41, 5.74) is 1.77. The zero-order valence-corrected chi connectivity index (χ0v) is 18.5. The number of amides is 3. The number of urea groups is 1. The molecule has 2 fully saturated rings. The molecule has 1 spiro atoms. The lowest BCUT2D eigenvalue weighted by atomic mass is 9.97. The van der Waals surface area contributed by atoms with Crippen LogP contribution in [0.1, 0.15) is 54.1 Å². The van der Waals surface area contributed by atoms with E-state index in [9.17, 15) is 14.4 Å². The number of imide groups is 1. The highest BCUT2D eigenvalue weighted by Gasteiger charge is 2.52. The quantitative estimate of drug-likeness (QED) is 0.279. The maximum absolute atomic E-state index is 13.5. The Hall–Kier alpha value is -3.45. The van der Waals surface area contributed by atoms with E-state index >= 15 is 0 Å². The molecule has 3 aromatic rings. The number of hydrogen-bond donors (Lipinski definition) is 3. The van der Waals surface area contributed by atoms with Crippen molar-refractivity contribution < 1.29 is 14.4 Å². The first kappa shape index (κ1) is 21.4. The number of carbonyl (C=O) groups is 3. The molecule has 7 nitrogen and oxygen atoms in total. The van der Waals surface area contributed by atoms with Crippen LogP contribution in [0.25, 0.3) is 10.9 Å². The van der Waals surface area contributed by atoms with Gasteiger partial charge in [-0.3, -0.25) is 14.5 Å². The van der Waals surface area contributed by atoms with Gasteiger partial charge < -0.3 is 15.6 Å². The van der Waals surface area contributed by atoms with Crippen molar-refractivity contribution in [1.82, 2.24) is 20.5 Å². The number of fused-ring (bicyclic) bond motifs is 1.